The Kier molecular flexibility index (Phi) is 4.21. The first-order valence-electron chi connectivity index (χ1n) is 8.80. The van der Waals surface area contributed by atoms with Crippen molar-refractivity contribution in [2.24, 2.45) is 5.92 Å². The summed E-state index contributed by atoms with van der Waals surface area (Å²) < 4.78 is 5.81. The van der Waals surface area contributed by atoms with Crippen LogP contribution in [-0.4, -0.2) is 24.4 Å². The second kappa shape index (κ2) is 6.67. The zero-order valence-electron chi connectivity index (χ0n) is 14.5. The minimum absolute atomic E-state index is 0.0974. The van der Waals surface area contributed by atoms with Gasteiger partial charge in [0.2, 0.25) is 5.91 Å². The van der Waals surface area contributed by atoms with E-state index in [-0.39, 0.29) is 23.5 Å². The minimum atomic E-state index is -0.526. The molecule has 2 N–H and O–H groups in total. The van der Waals surface area contributed by atoms with Crippen molar-refractivity contribution in [2.75, 3.05) is 6.54 Å². The Balaban J connectivity index is 1.59. The first-order valence-corrected chi connectivity index (χ1v) is 8.80. The molecule has 0 spiro atoms. The van der Waals surface area contributed by atoms with Gasteiger partial charge < -0.3 is 15.1 Å². The summed E-state index contributed by atoms with van der Waals surface area (Å²) in [6, 6.07) is 16.9. The molecule has 1 aliphatic rings. The van der Waals surface area contributed by atoms with Crippen molar-refractivity contribution >= 4 is 22.6 Å². The highest BCUT2D eigenvalue weighted by Crippen LogP contribution is 2.30. The summed E-state index contributed by atoms with van der Waals surface area (Å²) >= 11 is 0. The minimum Gasteiger partial charge on any atom is -0.451 e. The second-order valence-corrected chi connectivity index (χ2v) is 6.70. The number of carbonyl (C=O) groups excluding carboxylic acids is 2. The molecule has 2 unspecified atom stereocenters. The lowest BCUT2D eigenvalue weighted by Gasteiger charge is -2.28. The normalized spacial score (nSPS) is 20.0. The number of carbonyl (C=O) groups is 2. The fourth-order valence-electron chi connectivity index (χ4n) is 3.42. The summed E-state index contributed by atoms with van der Waals surface area (Å²) in [4.78, 5) is 24.5. The van der Waals surface area contributed by atoms with Gasteiger partial charge in [0.25, 0.3) is 5.91 Å². The van der Waals surface area contributed by atoms with Gasteiger partial charge in [-0.3, -0.25) is 9.59 Å². The third-order valence-electron chi connectivity index (χ3n) is 4.92. The average molecular weight is 348 g/mol. The fourth-order valence-corrected chi connectivity index (χ4v) is 3.42. The molecule has 0 saturated carbocycles. The molecule has 132 valence electrons. The van der Waals surface area contributed by atoms with Gasteiger partial charge in [0.15, 0.2) is 5.76 Å². The van der Waals surface area contributed by atoms with Crippen molar-refractivity contribution < 1.29 is 14.0 Å². The summed E-state index contributed by atoms with van der Waals surface area (Å²) in [5, 5.41) is 7.76. The molecule has 5 nitrogen and oxygen atoms in total. The average Bonchev–Trinajstić information content (AvgIpc) is 3.14. The van der Waals surface area contributed by atoms with Crippen LogP contribution in [0, 0.1) is 5.92 Å². The highest BCUT2D eigenvalue weighted by molar-refractivity contribution is 5.98. The number of rotatable bonds is 3. The summed E-state index contributed by atoms with van der Waals surface area (Å²) in [6.45, 7) is 2.62. The second-order valence-electron chi connectivity index (χ2n) is 6.70. The summed E-state index contributed by atoms with van der Waals surface area (Å²) in [5.74, 6) is 0.426. The first-order chi connectivity index (χ1) is 12.6. The van der Waals surface area contributed by atoms with Crippen LogP contribution < -0.4 is 10.6 Å². The predicted octanol–water partition coefficient (Wildman–Crippen LogP) is 3.35. The molecule has 26 heavy (non-hydrogen) atoms. The van der Waals surface area contributed by atoms with Gasteiger partial charge in [-0.2, -0.15) is 0 Å². The van der Waals surface area contributed by atoms with Crippen molar-refractivity contribution in [2.45, 2.75) is 19.4 Å². The quantitative estimate of drug-likeness (QED) is 0.762. The van der Waals surface area contributed by atoms with E-state index in [0.717, 1.165) is 22.8 Å². The van der Waals surface area contributed by atoms with Crippen LogP contribution in [0.1, 0.15) is 23.9 Å². The lowest BCUT2D eigenvalue weighted by Crippen LogP contribution is -2.54. The molecule has 2 aromatic carbocycles. The van der Waals surface area contributed by atoms with Crippen LogP contribution in [-0.2, 0) is 4.79 Å². The van der Waals surface area contributed by atoms with Gasteiger partial charge in [-0.15, -0.1) is 0 Å². The number of nitrogens with one attached hydrogen (secondary N) is 2. The third kappa shape index (κ3) is 2.96. The Morgan fingerprint density at radius 1 is 1.12 bits per heavy atom. The third-order valence-corrected chi connectivity index (χ3v) is 4.92. The van der Waals surface area contributed by atoms with Crippen LogP contribution in [0.2, 0.25) is 0 Å². The van der Waals surface area contributed by atoms with Crippen molar-refractivity contribution in [3.05, 3.63) is 60.4 Å². The van der Waals surface area contributed by atoms with E-state index in [1.54, 1.807) is 12.1 Å². The number of furan rings is 1. The van der Waals surface area contributed by atoms with Gasteiger partial charge in [0.1, 0.15) is 11.8 Å². The van der Waals surface area contributed by atoms with Crippen molar-refractivity contribution in [3.8, 4) is 11.3 Å². The maximum Gasteiger partial charge on any atom is 0.287 e. The van der Waals surface area contributed by atoms with E-state index in [9.17, 15) is 9.59 Å². The smallest absolute Gasteiger partial charge is 0.287 e. The number of hydrogen-bond acceptors (Lipinski definition) is 3. The number of amides is 2. The molecular weight excluding hydrogens is 328 g/mol. The van der Waals surface area contributed by atoms with E-state index in [1.165, 1.54) is 0 Å². The Morgan fingerprint density at radius 3 is 2.77 bits per heavy atom. The molecule has 2 heterocycles. The molecule has 0 radical (unpaired) electrons. The highest BCUT2D eigenvalue weighted by Gasteiger charge is 2.31. The van der Waals surface area contributed by atoms with Crippen LogP contribution in [0.25, 0.3) is 22.1 Å². The van der Waals surface area contributed by atoms with Gasteiger partial charge in [0, 0.05) is 12.1 Å². The zero-order chi connectivity index (χ0) is 18.1. The highest BCUT2D eigenvalue weighted by atomic mass is 16.4. The molecule has 1 aliphatic heterocycles. The summed E-state index contributed by atoms with van der Waals surface area (Å²) in [7, 11) is 0. The predicted molar refractivity (Wildman–Crippen MR) is 99.7 cm³/mol. The molecule has 4 rings (SSSR count). The number of piperidine rings is 1. The Bertz CT molecular complexity index is 971. The van der Waals surface area contributed by atoms with E-state index in [4.69, 9.17) is 4.42 Å². The fraction of sp³-hybridized carbons (Fsp3) is 0.238. The maximum atomic E-state index is 12.5. The zero-order valence-corrected chi connectivity index (χ0v) is 14.5. The molecule has 2 atom stereocenters. The van der Waals surface area contributed by atoms with Crippen molar-refractivity contribution in [1.82, 2.24) is 10.6 Å². The van der Waals surface area contributed by atoms with E-state index in [0.29, 0.717) is 12.3 Å². The molecule has 1 fully saturated rings. The Labute approximate surface area is 151 Å². The molecule has 1 saturated heterocycles. The van der Waals surface area contributed by atoms with Gasteiger partial charge in [-0.05, 0) is 35.2 Å². The van der Waals surface area contributed by atoms with Crippen LogP contribution in [0.3, 0.4) is 0 Å². The molecule has 5 heteroatoms. The van der Waals surface area contributed by atoms with Crippen LogP contribution in [0.15, 0.2) is 59.0 Å². The number of fused-ring (bicyclic) bond motifs is 1. The van der Waals surface area contributed by atoms with Gasteiger partial charge in [0.05, 0.1) is 0 Å². The molecular formula is C21H20N2O3. The number of hydrogen-bond donors (Lipinski definition) is 2. The van der Waals surface area contributed by atoms with Gasteiger partial charge in [-0.1, -0.05) is 49.4 Å². The first kappa shape index (κ1) is 16.4. The maximum absolute atomic E-state index is 12.5. The molecule has 0 bridgehead atoms. The van der Waals surface area contributed by atoms with Gasteiger partial charge >= 0.3 is 0 Å². The van der Waals surface area contributed by atoms with Gasteiger partial charge in [-0.25, -0.2) is 0 Å². The van der Waals surface area contributed by atoms with Crippen molar-refractivity contribution in [1.29, 1.82) is 0 Å². The largest absolute Gasteiger partial charge is 0.451 e. The van der Waals surface area contributed by atoms with Crippen LogP contribution in [0.5, 0.6) is 0 Å². The van der Waals surface area contributed by atoms with E-state index in [1.807, 2.05) is 49.4 Å². The molecule has 1 aromatic heterocycles. The lowest BCUT2D eigenvalue weighted by atomic mass is 9.94. The van der Waals surface area contributed by atoms with Crippen molar-refractivity contribution in [3.63, 3.8) is 0 Å². The topological polar surface area (TPSA) is 71.3 Å². The van der Waals surface area contributed by atoms with E-state index < -0.39 is 6.04 Å². The standard InChI is InChI=1S/C21H20N2O3/c1-13-11-12-22-21(25)19(13)23-20(24)18-10-9-17(26-18)16-8-4-6-14-5-2-3-7-15(14)16/h2-10,13,19H,11-12H2,1H3,(H,22,25)(H,23,24). The molecule has 3 aromatic rings. The Morgan fingerprint density at radius 2 is 1.92 bits per heavy atom. The lowest BCUT2D eigenvalue weighted by molar-refractivity contribution is -0.125. The van der Waals surface area contributed by atoms with Crippen LogP contribution in [0.4, 0.5) is 0 Å². The summed E-state index contributed by atoms with van der Waals surface area (Å²) in [5.41, 5.74) is 0.936. The van der Waals surface area contributed by atoms with E-state index >= 15 is 0 Å². The molecule has 2 amide bonds. The van der Waals surface area contributed by atoms with Crippen LogP contribution >= 0.6 is 0 Å². The monoisotopic (exact) mass is 348 g/mol. The number of benzene rings is 2. The Hall–Kier alpha value is -3.08. The molecule has 0 aliphatic carbocycles. The summed E-state index contributed by atoms with van der Waals surface area (Å²) in [6.07, 6.45) is 0.843. The van der Waals surface area contributed by atoms with E-state index in [2.05, 4.69) is 10.6 Å². The SMILES string of the molecule is CC1CCNC(=O)C1NC(=O)c1ccc(-c2cccc3ccccc23)o1.